The molecule has 0 saturated carbocycles. The lowest BCUT2D eigenvalue weighted by atomic mass is 10.2. The van der Waals surface area contributed by atoms with Gasteiger partial charge in [-0.3, -0.25) is 0 Å². The van der Waals surface area contributed by atoms with Gasteiger partial charge in [-0.25, -0.2) is 0 Å². The Morgan fingerprint density at radius 3 is 2.35 bits per heavy atom. The maximum absolute atomic E-state index is 4.65. The van der Waals surface area contributed by atoms with Crippen molar-refractivity contribution in [2.45, 2.75) is 19.8 Å². The maximum Gasteiger partial charge on any atom is 0.249 e. The smallest absolute Gasteiger partial charge is 0.249 e. The van der Waals surface area contributed by atoms with Crippen molar-refractivity contribution in [3.63, 3.8) is 0 Å². The molecule has 0 bridgehead atoms. The zero-order valence-corrected chi connectivity index (χ0v) is 15.4. The van der Waals surface area contributed by atoms with Crippen LogP contribution in [-0.2, 0) is 0 Å². The third-order valence-electron chi connectivity index (χ3n) is 5.28. The standard InChI is InChI=1S/C19H27N7/c1-2-24-11-13-26(14-12-24)18-15-20-23-19(22-18)21-16-5-7-17(8-6-16)25-9-3-4-10-25/h5-8,15H,2-4,9-14H2,1H3,(H,21,22,23). The second-order valence-electron chi connectivity index (χ2n) is 6.93. The lowest BCUT2D eigenvalue weighted by molar-refractivity contribution is 0.270. The molecule has 2 aliphatic rings. The number of aromatic nitrogens is 3. The maximum atomic E-state index is 4.65. The van der Waals surface area contributed by atoms with Crippen molar-refractivity contribution in [3.8, 4) is 0 Å². The Kier molecular flexibility index (Phi) is 5.15. The van der Waals surface area contributed by atoms with E-state index in [0.717, 1.165) is 57.3 Å². The minimum Gasteiger partial charge on any atom is -0.372 e. The molecule has 4 rings (SSSR count). The molecule has 26 heavy (non-hydrogen) atoms. The Morgan fingerprint density at radius 2 is 1.65 bits per heavy atom. The van der Waals surface area contributed by atoms with Gasteiger partial charge in [0.1, 0.15) is 0 Å². The zero-order valence-electron chi connectivity index (χ0n) is 15.4. The molecule has 7 heteroatoms. The van der Waals surface area contributed by atoms with Crippen LogP contribution in [-0.4, -0.2) is 65.9 Å². The van der Waals surface area contributed by atoms with Crippen LogP contribution in [0.2, 0.25) is 0 Å². The first-order valence-corrected chi connectivity index (χ1v) is 9.61. The van der Waals surface area contributed by atoms with Crippen molar-refractivity contribution in [3.05, 3.63) is 30.5 Å². The second-order valence-corrected chi connectivity index (χ2v) is 6.93. The number of hydrogen-bond donors (Lipinski definition) is 1. The number of benzene rings is 1. The van der Waals surface area contributed by atoms with E-state index in [9.17, 15) is 0 Å². The summed E-state index contributed by atoms with van der Waals surface area (Å²) in [4.78, 5) is 11.8. The highest BCUT2D eigenvalue weighted by molar-refractivity contribution is 5.60. The van der Waals surface area contributed by atoms with Gasteiger partial charge in [-0.2, -0.15) is 10.1 Å². The third kappa shape index (κ3) is 3.88. The Labute approximate surface area is 155 Å². The Balaban J connectivity index is 1.40. The number of likely N-dealkylation sites (N-methyl/N-ethyl adjacent to an activating group) is 1. The molecule has 2 fully saturated rings. The van der Waals surface area contributed by atoms with E-state index in [4.69, 9.17) is 0 Å². The summed E-state index contributed by atoms with van der Waals surface area (Å²) < 4.78 is 0. The minimum atomic E-state index is 0.550. The molecule has 3 heterocycles. The molecule has 0 unspecified atom stereocenters. The van der Waals surface area contributed by atoms with Crippen molar-refractivity contribution in [2.24, 2.45) is 0 Å². The van der Waals surface area contributed by atoms with Crippen molar-refractivity contribution in [1.29, 1.82) is 0 Å². The zero-order chi connectivity index (χ0) is 17.8. The molecule has 0 radical (unpaired) electrons. The third-order valence-corrected chi connectivity index (χ3v) is 5.28. The van der Waals surface area contributed by atoms with Crippen LogP contribution in [0.15, 0.2) is 30.5 Å². The van der Waals surface area contributed by atoms with Crippen LogP contribution in [0, 0.1) is 0 Å². The van der Waals surface area contributed by atoms with Gasteiger partial charge in [-0.1, -0.05) is 6.92 Å². The lowest BCUT2D eigenvalue weighted by Crippen LogP contribution is -2.46. The van der Waals surface area contributed by atoms with Crippen molar-refractivity contribution in [1.82, 2.24) is 20.1 Å². The Hall–Kier alpha value is -2.41. The van der Waals surface area contributed by atoms with Crippen LogP contribution >= 0.6 is 0 Å². The van der Waals surface area contributed by atoms with Crippen LogP contribution < -0.4 is 15.1 Å². The number of rotatable bonds is 5. The monoisotopic (exact) mass is 353 g/mol. The Bertz CT molecular complexity index is 704. The van der Waals surface area contributed by atoms with Gasteiger partial charge in [0, 0.05) is 50.6 Å². The van der Waals surface area contributed by atoms with E-state index < -0.39 is 0 Å². The number of anilines is 4. The molecular weight excluding hydrogens is 326 g/mol. The van der Waals surface area contributed by atoms with Crippen LogP contribution in [0.1, 0.15) is 19.8 Å². The molecule has 138 valence electrons. The fraction of sp³-hybridized carbons (Fsp3) is 0.526. The Morgan fingerprint density at radius 1 is 0.923 bits per heavy atom. The second kappa shape index (κ2) is 7.86. The summed E-state index contributed by atoms with van der Waals surface area (Å²) in [6.45, 7) is 9.74. The predicted molar refractivity (Wildman–Crippen MR) is 105 cm³/mol. The first-order valence-electron chi connectivity index (χ1n) is 9.61. The normalized spacial score (nSPS) is 18.3. The van der Waals surface area contributed by atoms with Gasteiger partial charge < -0.3 is 20.0 Å². The quantitative estimate of drug-likeness (QED) is 0.885. The van der Waals surface area contributed by atoms with Crippen molar-refractivity contribution in [2.75, 3.05) is 60.9 Å². The fourth-order valence-electron chi connectivity index (χ4n) is 3.65. The van der Waals surface area contributed by atoms with Crippen molar-refractivity contribution < 1.29 is 0 Å². The number of piperazine rings is 1. The average molecular weight is 353 g/mol. The summed E-state index contributed by atoms with van der Waals surface area (Å²) in [5.41, 5.74) is 2.28. The number of hydrogen-bond acceptors (Lipinski definition) is 7. The molecule has 2 aromatic rings. The van der Waals surface area contributed by atoms with Gasteiger partial charge in [-0.05, 0) is 43.7 Å². The molecule has 2 aliphatic heterocycles. The highest BCUT2D eigenvalue weighted by Crippen LogP contribution is 2.23. The van der Waals surface area contributed by atoms with Crippen molar-refractivity contribution >= 4 is 23.1 Å². The topological polar surface area (TPSA) is 60.4 Å². The van der Waals surface area contributed by atoms with E-state index >= 15 is 0 Å². The van der Waals surface area contributed by atoms with Crippen LogP contribution in [0.3, 0.4) is 0 Å². The molecule has 0 aliphatic carbocycles. The largest absolute Gasteiger partial charge is 0.372 e. The first kappa shape index (κ1) is 17.0. The van der Waals surface area contributed by atoms with E-state index in [1.165, 1.54) is 18.5 Å². The van der Waals surface area contributed by atoms with Gasteiger partial charge in [0.25, 0.3) is 0 Å². The average Bonchev–Trinajstić information content (AvgIpc) is 3.24. The van der Waals surface area contributed by atoms with Gasteiger partial charge >= 0.3 is 0 Å². The summed E-state index contributed by atoms with van der Waals surface area (Å²) in [6.07, 6.45) is 4.33. The molecule has 1 N–H and O–H groups in total. The molecular formula is C19H27N7. The SMILES string of the molecule is CCN1CCN(c2cnnc(Nc3ccc(N4CCCC4)cc3)n2)CC1. The van der Waals surface area contributed by atoms with E-state index in [0.29, 0.717) is 5.95 Å². The summed E-state index contributed by atoms with van der Waals surface area (Å²) in [5, 5.41) is 11.6. The van der Waals surface area contributed by atoms with Gasteiger partial charge in [-0.15, -0.1) is 5.10 Å². The molecule has 0 spiro atoms. The minimum absolute atomic E-state index is 0.550. The summed E-state index contributed by atoms with van der Waals surface area (Å²) in [5.74, 6) is 1.45. The first-order chi connectivity index (χ1) is 12.8. The van der Waals surface area contributed by atoms with Gasteiger partial charge in [0.15, 0.2) is 5.82 Å². The van der Waals surface area contributed by atoms with E-state index in [-0.39, 0.29) is 0 Å². The molecule has 0 atom stereocenters. The number of nitrogens with zero attached hydrogens (tertiary/aromatic N) is 6. The number of nitrogens with one attached hydrogen (secondary N) is 1. The highest BCUT2D eigenvalue weighted by atomic mass is 15.3. The fourth-order valence-corrected chi connectivity index (χ4v) is 3.65. The predicted octanol–water partition coefficient (Wildman–Crippen LogP) is 2.36. The van der Waals surface area contributed by atoms with E-state index in [1.807, 2.05) is 0 Å². The lowest BCUT2D eigenvalue weighted by Gasteiger charge is -2.34. The highest BCUT2D eigenvalue weighted by Gasteiger charge is 2.17. The van der Waals surface area contributed by atoms with Crippen LogP contribution in [0.25, 0.3) is 0 Å². The summed E-state index contributed by atoms with van der Waals surface area (Å²) in [7, 11) is 0. The molecule has 7 nitrogen and oxygen atoms in total. The van der Waals surface area contributed by atoms with Crippen LogP contribution in [0.4, 0.5) is 23.1 Å². The van der Waals surface area contributed by atoms with E-state index in [1.54, 1.807) is 6.20 Å². The molecule has 0 amide bonds. The molecule has 2 saturated heterocycles. The molecule has 1 aromatic heterocycles. The van der Waals surface area contributed by atoms with Crippen LogP contribution in [0.5, 0.6) is 0 Å². The summed E-state index contributed by atoms with van der Waals surface area (Å²) >= 11 is 0. The summed E-state index contributed by atoms with van der Waals surface area (Å²) in [6, 6.07) is 8.50. The molecule has 1 aromatic carbocycles. The van der Waals surface area contributed by atoms with Gasteiger partial charge in [0.05, 0.1) is 6.20 Å². The van der Waals surface area contributed by atoms with Gasteiger partial charge in [0.2, 0.25) is 5.95 Å². The van der Waals surface area contributed by atoms with E-state index in [2.05, 4.69) is 66.4 Å².